The highest BCUT2D eigenvalue weighted by Gasteiger charge is 1.26. The lowest BCUT2D eigenvalue weighted by molar-refractivity contribution is -0.415. The Morgan fingerprint density at radius 1 is 1.40 bits per heavy atom. The summed E-state index contributed by atoms with van der Waals surface area (Å²) in [4.78, 5) is 8.33. The summed E-state index contributed by atoms with van der Waals surface area (Å²) in [7, 11) is 0. The van der Waals surface area contributed by atoms with E-state index < -0.39 is 6.16 Å². The predicted molar refractivity (Wildman–Crippen MR) is 7.90 cm³/mol. The average molecular weight is 80.0 g/mol. The zero-order valence-corrected chi connectivity index (χ0v) is 2.13. The molecule has 0 amide bonds. The molecule has 0 rings (SSSR count). The molecule has 0 aromatic heterocycles. The van der Waals surface area contributed by atoms with Crippen LogP contribution < -0.4 is 10.2 Å². The van der Waals surface area contributed by atoms with Gasteiger partial charge in [0, 0.05) is 0 Å². The number of halogens is 1. The van der Waals surface area contributed by atoms with Gasteiger partial charge in [-0.15, -0.1) is 0 Å². The molecular formula is CHFO3-2. The molecule has 0 heterocycles. The summed E-state index contributed by atoms with van der Waals surface area (Å²) >= 11 is 0. The Morgan fingerprint density at radius 2 is 1.40 bits per heavy atom. The van der Waals surface area contributed by atoms with Gasteiger partial charge >= 0.3 is 0 Å². The first-order chi connectivity index (χ1) is 1.73. The van der Waals surface area contributed by atoms with Crippen LogP contribution in [-0.4, -0.2) is 6.16 Å². The number of hydrogen-bond donors (Lipinski definition) is 0. The summed E-state index contributed by atoms with van der Waals surface area (Å²) in [5, 5.41) is 16.7. The van der Waals surface area contributed by atoms with Crippen LogP contribution in [-0.2, 0) is 0 Å². The lowest BCUT2D eigenvalue weighted by atomic mass is 11.5. The molecule has 5 heavy (non-hydrogen) atoms. The maximum atomic E-state index is 8.33. The number of hydrogen-bond acceptors (Lipinski definition) is 3. The maximum absolute atomic E-state index is 8.33. The molecule has 0 unspecified atom stereocenters. The summed E-state index contributed by atoms with van der Waals surface area (Å²) < 4.78 is 0. The average Bonchev–Trinajstić information content (AvgIpc) is 0.811. The first kappa shape index (κ1) is 8.89. The third-order valence-electron chi connectivity index (χ3n) is 0. The van der Waals surface area contributed by atoms with Crippen LogP contribution in [0.3, 0.4) is 0 Å². The van der Waals surface area contributed by atoms with E-state index in [0.717, 1.165) is 0 Å². The van der Waals surface area contributed by atoms with Crippen molar-refractivity contribution in [2.45, 2.75) is 0 Å². The summed E-state index contributed by atoms with van der Waals surface area (Å²) in [5.41, 5.74) is 0. The molecule has 0 aliphatic rings. The van der Waals surface area contributed by atoms with Crippen molar-refractivity contribution in [3.05, 3.63) is 0 Å². The van der Waals surface area contributed by atoms with Gasteiger partial charge in [-0.2, -0.15) is 0 Å². The Morgan fingerprint density at radius 3 is 1.40 bits per heavy atom. The van der Waals surface area contributed by atoms with Gasteiger partial charge in [0.05, 0.1) is 0 Å². The van der Waals surface area contributed by atoms with Crippen molar-refractivity contribution in [3.8, 4) is 0 Å². The fraction of sp³-hybridized carbons (Fsp3) is 0. The first-order valence-corrected chi connectivity index (χ1v) is 0.612. The van der Waals surface area contributed by atoms with Crippen molar-refractivity contribution < 1.29 is 19.7 Å². The topological polar surface area (TPSA) is 63.2 Å². The predicted octanol–water partition coefficient (Wildman–Crippen LogP) is -2.29. The molecule has 0 atom stereocenters. The van der Waals surface area contributed by atoms with Crippen molar-refractivity contribution in [1.29, 1.82) is 0 Å². The standard InChI is InChI=1S/CH2O3.FH/c2-1(3)4;/h(H2,2,3,4);1H/p-2. The normalized spacial score (nSPS) is 4.80. The van der Waals surface area contributed by atoms with Crippen molar-refractivity contribution >= 4 is 6.16 Å². The molecule has 0 fully saturated rings. The van der Waals surface area contributed by atoms with E-state index in [1.807, 2.05) is 0 Å². The lowest BCUT2D eigenvalue weighted by Gasteiger charge is -1.96. The third-order valence-corrected chi connectivity index (χ3v) is 0. The fourth-order valence-electron chi connectivity index (χ4n) is 0. The van der Waals surface area contributed by atoms with Crippen LogP contribution in [0.5, 0.6) is 0 Å². The van der Waals surface area contributed by atoms with E-state index in [1.165, 1.54) is 0 Å². The van der Waals surface area contributed by atoms with Crippen LogP contribution >= 0.6 is 0 Å². The molecule has 0 spiro atoms. The molecule has 3 nitrogen and oxygen atoms in total. The second-order valence-corrected chi connectivity index (χ2v) is 0.250. The summed E-state index contributed by atoms with van der Waals surface area (Å²) in [5.74, 6) is 0. The maximum Gasteiger partial charge on any atom is -0.0431 e. The van der Waals surface area contributed by atoms with Crippen molar-refractivity contribution in [1.82, 2.24) is 0 Å². The van der Waals surface area contributed by atoms with Crippen LogP contribution in [0.4, 0.5) is 9.50 Å². The molecule has 0 N–H and O–H groups in total. The highest BCUT2D eigenvalue weighted by Crippen LogP contribution is 1.21. The van der Waals surface area contributed by atoms with Crippen LogP contribution in [0.2, 0.25) is 0 Å². The molecule has 0 bridgehead atoms. The van der Waals surface area contributed by atoms with E-state index in [9.17, 15) is 0 Å². The molecule has 0 radical (unpaired) electrons. The third kappa shape index (κ3) is 7.20. The monoisotopic (exact) mass is 80.0 g/mol. The SMILES string of the molecule is F.O=C([O-])[O-]. The van der Waals surface area contributed by atoms with Crippen molar-refractivity contribution in [3.63, 3.8) is 0 Å². The van der Waals surface area contributed by atoms with Gasteiger partial charge in [-0.1, -0.05) is 0 Å². The van der Waals surface area contributed by atoms with Crippen molar-refractivity contribution in [2.75, 3.05) is 0 Å². The second-order valence-electron chi connectivity index (χ2n) is 0.250. The van der Waals surface area contributed by atoms with Crippen LogP contribution in [0.25, 0.3) is 0 Å². The molecule has 0 aliphatic heterocycles. The van der Waals surface area contributed by atoms with Gasteiger partial charge in [-0.25, -0.2) is 0 Å². The molecular weight excluding hydrogens is 79.0 g/mol. The molecule has 0 saturated carbocycles. The Kier molecular flexibility index (Phi) is 5.69. The number of carboxylic acid groups (broad SMARTS) is 2. The van der Waals surface area contributed by atoms with Crippen LogP contribution in [0, 0.1) is 0 Å². The Bertz CT molecular complexity index is 29.9. The molecule has 0 saturated heterocycles. The summed E-state index contributed by atoms with van der Waals surface area (Å²) in [6, 6.07) is 0. The van der Waals surface area contributed by atoms with Gasteiger partial charge in [-0.3, -0.25) is 4.70 Å². The fourth-order valence-corrected chi connectivity index (χ4v) is 0. The molecule has 0 aliphatic carbocycles. The smallest absolute Gasteiger partial charge is 0.0431 e. The Labute approximate surface area is 27.2 Å². The molecule has 0 aromatic rings. The zero-order chi connectivity index (χ0) is 3.58. The minimum atomic E-state index is -2.33. The van der Waals surface area contributed by atoms with E-state index >= 15 is 0 Å². The Hall–Kier alpha value is -0.800. The van der Waals surface area contributed by atoms with E-state index in [2.05, 4.69) is 0 Å². The molecule has 0 aromatic carbocycles. The van der Waals surface area contributed by atoms with Crippen LogP contribution in [0.1, 0.15) is 0 Å². The summed E-state index contributed by atoms with van der Waals surface area (Å²) in [6.07, 6.45) is -2.33. The van der Waals surface area contributed by atoms with Gasteiger partial charge in [0.25, 0.3) is 0 Å². The van der Waals surface area contributed by atoms with Gasteiger partial charge in [0.1, 0.15) is 0 Å². The van der Waals surface area contributed by atoms with Gasteiger partial charge in [0.2, 0.25) is 0 Å². The highest BCUT2D eigenvalue weighted by atomic mass is 19.0. The summed E-state index contributed by atoms with van der Waals surface area (Å²) in [6.45, 7) is 0. The molecule has 4 heteroatoms. The zero-order valence-electron chi connectivity index (χ0n) is 2.13. The van der Waals surface area contributed by atoms with Gasteiger partial charge < -0.3 is 15.0 Å². The quantitative estimate of drug-likeness (QED) is 0.329. The minimum absolute atomic E-state index is 0. The van der Waals surface area contributed by atoms with E-state index in [-0.39, 0.29) is 4.70 Å². The Balaban J connectivity index is 0. The number of rotatable bonds is 0. The molecule has 32 valence electrons. The highest BCUT2D eigenvalue weighted by molar-refractivity contribution is 5.47. The second kappa shape index (κ2) is 3.20. The first-order valence-electron chi connectivity index (χ1n) is 0.612. The van der Waals surface area contributed by atoms with Gasteiger partial charge in [-0.05, 0) is 6.16 Å². The van der Waals surface area contributed by atoms with Crippen LogP contribution in [0.15, 0.2) is 0 Å². The van der Waals surface area contributed by atoms with Gasteiger partial charge in [0.15, 0.2) is 0 Å². The van der Waals surface area contributed by atoms with E-state index in [0.29, 0.717) is 0 Å². The minimum Gasteiger partial charge on any atom is -0.652 e. The van der Waals surface area contributed by atoms with Crippen molar-refractivity contribution in [2.24, 2.45) is 0 Å². The van der Waals surface area contributed by atoms with E-state index in [1.54, 1.807) is 0 Å². The lowest BCUT2D eigenvalue weighted by Crippen LogP contribution is -2.37. The number of carbonyl (C=O) groups excluding carboxylic acids is 1. The largest absolute Gasteiger partial charge is 0.652 e. The van der Waals surface area contributed by atoms with E-state index in [4.69, 9.17) is 15.0 Å². The number of carbonyl (C=O) groups is 1.